The molecule has 2 aliphatic heterocycles. The van der Waals surface area contributed by atoms with Crippen molar-refractivity contribution in [1.29, 1.82) is 0 Å². The number of amides is 2. The van der Waals surface area contributed by atoms with Crippen LogP contribution in [0.1, 0.15) is 25.3 Å². The number of rotatable bonds is 5. The number of carbonyl (C=O) groups is 2. The van der Waals surface area contributed by atoms with Crippen molar-refractivity contribution < 1.29 is 14.3 Å². The van der Waals surface area contributed by atoms with Crippen LogP contribution in [0.4, 0.5) is 5.69 Å². The fourth-order valence-corrected chi connectivity index (χ4v) is 5.51. The molecule has 0 aromatic heterocycles. The smallest absolute Gasteiger partial charge is 0.248 e. The van der Waals surface area contributed by atoms with Crippen LogP contribution >= 0.6 is 11.8 Å². The molecule has 4 rings (SSSR count). The molecule has 6 heteroatoms. The van der Waals surface area contributed by atoms with Crippen LogP contribution < -0.4 is 10.1 Å². The van der Waals surface area contributed by atoms with Crippen LogP contribution in [0.25, 0.3) is 0 Å². The topological polar surface area (TPSA) is 58.6 Å². The number of nitrogens with one attached hydrogen (secondary N) is 1. The predicted molar refractivity (Wildman–Crippen MR) is 107 cm³/mol. The highest BCUT2D eigenvalue weighted by Crippen LogP contribution is 2.54. The van der Waals surface area contributed by atoms with Gasteiger partial charge in [-0.15, -0.1) is 11.8 Å². The van der Waals surface area contributed by atoms with Crippen LogP contribution in [0, 0.1) is 0 Å². The van der Waals surface area contributed by atoms with Crippen molar-refractivity contribution in [3.63, 3.8) is 0 Å². The van der Waals surface area contributed by atoms with Crippen molar-refractivity contribution in [1.82, 2.24) is 4.90 Å². The van der Waals surface area contributed by atoms with Crippen LogP contribution in [0.5, 0.6) is 5.75 Å². The van der Waals surface area contributed by atoms with Gasteiger partial charge in [-0.2, -0.15) is 0 Å². The summed E-state index contributed by atoms with van der Waals surface area (Å²) in [7, 11) is 0. The zero-order valence-corrected chi connectivity index (χ0v) is 16.0. The third-order valence-electron chi connectivity index (χ3n) is 5.09. The lowest BCUT2D eigenvalue weighted by atomic mass is 10.0. The maximum absolute atomic E-state index is 12.9. The molecule has 0 aliphatic carbocycles. The number of nitrogens with zero attached hydrogens (tertiary/aromatic N) is 1. The Labute approximate surface area is 163 Å². The normalized spacial score (nSPS) is 24.0. The average Bonchev–Trinajstić information content (AvgIpc) is 3.24. The standard InChI is InChI=1S/C21H22N2O3S/c1-2-26-17-10-8-16(9-11-17)22-20(25)18-14-27-21(13-12-19(24)23(18)21)15-6-4-3-5-7-15/h3-11,18H,2,12-14H2,1H3,(H,22,25)/t18-,21+/m1/s1. The number of thioether (sulfide) groups is 1. The van der Waals surface area contributed by atoms with Gasteiger partial charge in [0.25, 0.3) is 0 Å². The Bertz CT molecular complexity index is 840. The van der Waals surface area contributed by atoms with Crippen LogP contribution in [0.15, 0.2) is 54.6 Å². The fraction of sp³-hybridized carbons (Fsp3) is 0.333. The number of hydrogen-bond donors (Lipinski definition) is 1. The SMILES string of the molecule is CCOc1ccc(NC(=O)[C@H]2CS[C@]3(c4ccccc4)CCC(=O)N23)cc1. The number of benzene rings is 2. The van der Waals surface area contributed by atoms with Crippen molar-refractivity contribution in [2.45, 2.75) is 30.7 Å². The maximum Gasteiger partial charge on any atom is 0.248 e. The van der Waals surface area contributed by atoms with Gasteiger partial charge < -0.3 is 15.0 Å². The third kappa shape index (κ3) is 3.18. The fourth-order valence-electron chi connectivity index (χ4n) is 3.86. The van der Waals surface area contributed by atoms with Gasteiger partial charge in [-0.1, -0.05) is 30.3 Å². The summed E-state index contributed by atoms with van der Waals surface area (Å²) >= 11 is 1.70. The van der Waals surface area contributed by atoms with E-state index in [1.807, 2.05) is 61.5 Å². The number of anilines is 1. The number of ether oxygens (including phenoxy) is 1. The van der Waals surface area contributed by atoms with E-state index in [1.165, 1.54) is 0 Å². The molecule has 140 valence electrons. The van der Waals surface area contributed by atoms with Gasteiger partial charge in [-0.3, -0.25) is 9.59 Å². The Morgan fingerprint density at radius 3 is 2.67 bits per heavy atom. The van der Waals surface area contributed by atoms with E-state index in [0.29, 0.717) is 24.5 Å². The van der Waals surface area contributed by atoms with Gasteiger partial charge in [0.1, 0.15) is 16.7 Å². The van der Waals surface area contributed by atoms with E-state index < -0.39 is 10.9 Å². The molecule has 2 heterocycles. The van der Waals surface area contributed by atoms with Crippen molar-refractivity contribution in [3.8, 4) is 5.75 Å². The van der Waals surface area contributed by atoms with Gasteiger partial charge in [0.15, 0.2) is 0 Å². The molecule has 0 spiro atoms. The molecular weight excluding hydrogens is 360 g/mol. The zero-order valence-electron chi connectivity index (χ0n) is 15.2. The van der Waals surface area contributed by atoms with E-state index in [-0.39, 0.29) is 11.8 Å². The van der Waals surface area contributed by atoms with Crippen molar-refractivity contribution in [3.05, 3.63) is 60.2 Å². The predicted octanol–water partition coefficient (Wildman–Crippen LogP) is 3.61. The molecule has 2 aliphatic rings. The van der Waals surface area contributed by atoms with Crippen molar-refractivity contribution >= 4 is 29.3 Å². The quantitative estimate of drug-likeness (QED) is 0.858. The minimum atomic E-state index is -0.461. The first-order chi connectivity index (χ1) is 13.1. The van der Waals surface area contributed by atoms with E-state index in [0.717, 1.165) is 17.7 Å². The first-order valence-corrected chi connectivity index (χ1v) is 10.2. The minimum absolute atomic E-state index is 0.0516. The molecule has 0 saturated carbocycles. The van der Waals surface area contributed by atoms with Gasteiger partial charge >= 0.3 is 0 Å². The summed E-state index contributed by atoms with van der Waals surface area (Å²) in [6, 6.07) is 16.9. The summed E-state index contributed by atoms with van der Waals surface area (Å²) in [5.74, 6) is 1.28. The van der Waals surface area contributed by atoms with Gasteiger partial charge in [0.05, 0.1) is 6.61 Å². The Balaban J connectivity index is 1.54. The lowest BCUT2D eigenvalue weighted by molar-refractivity contribution is -0.136. The summed E-state index contributed by atoms with van der Waals surface area (Å²) < 4.78 is 5.43. The van der Waals surface area contributed by atoms with E-state index in [9.17, 15) is 9.59 Å². The summed E-state index contributed by atoms with van der Waals surface area (Å²) in [5.41, 5.74) is 1.80. The first kappa shape index (κ1) is 17.9. The molecule has 2 saturated heterocycles. The molecule has 0 unspecified atom stereocenters. The third-order valence-corrected chi connectivity index (χ3v) is 6.68. The Morgan fingerprint density at radius 1 is 1.22 bits per heavy atom. The van der Waals surface area contributed by atoms with Gasteiger partial charge in [-0.05, 0) is 43.2 Å². The monoisotopic (exact) mass is 382 g/mol. The molecule has 0 bridgehead atoms. The first-order valence-electron chi connectivity index (χ1n) is 9.19. The van der Waals surface area contributed by atoms with E-state index in [1.54, 1.807) is 16.7 Å². The Kier molecular flexibility index (Phi) is 4.83. The number of hydrogen-bond acceptors (Lipinski definition) is 4. The van der Waals surface area contributed by atoms with Crippen LogP contribution in [-0.4, -0.2) is 35.1 Å². The van der Waals surface area contributed by atoms with Gasteiger partial charge in [0.2, 0.25) is 11.8 Å². The molecular formula is C21H22N2O3S. The lowest BCUT2D eigenvalue weighted by Gasteiger charge is -2.34. The van der Waals surface area contributed by atoms with Crippen molar-refractivity contribution in [2.75, 3.05) is 17.7 Å². The lowest BCUT2D eigenvalue weighted by Crippen LogP contribution is -2.48. The Morgan fingerprint density at radius 2 is 1.96 bits per heavy atom. The second-order valence-electron chi connectivity index (χ2n) is 6.69. The molecule has 5 nitrogen and oxygen atoms in total. The molecule has 1 N–H and O–H groups in total. The highest BCUT2D eigenvalue weighted by Gasteiger charge is 2.56. The second kappa shape index (κ2) is 7.27. The summed E-state index contributed by atoms with van der Waals surface area (Å²) in [4.78, 5) is 27.0. The molecule has 2 fully saturated rings. The molecule has 2 atom stereocenters. The average molecular weight is 382 g/mol. The second-order valence-corrected chi connectivity index (χ2v) is 7.98. The molecule has 2 amide bonds. The van der Waals surface area contributed by atoms with Crippen molar-refractivity contribution in [2.24, 2.45) is 0 Å². The Hall–Kier alpha value is -2.47. The molecule has 27 heavy (non-hydrogen) atoms. The highest BCUT2D eigenvalue weighted by atomic mass is 32.2. The summed E-state index contributed by atoms with van der Waals surface area (Å²) in [6.45, 7) is 2.53. The van der Waals surface area contributed by atoms with Gasteiger partial charge in [-0.25, -0.2) is 0 Å². The maximum atomic E-state index is 12.9. The molecule has 2 aromatic rings. The molecule has 0 radical (unpaired) electrons. The number of carbonyl (C=O) groups excluding carboxylic acids is 2. The van der Waals surface area contributed by atoms with Crippen LogP contribution in [0.3, 0.4) is 0 Å². The largest absolute Gasteiger partial charge is 0.494 e. The summed E-state index contributed by atoms with van der Waals surface area (Å²) in [6.07, 6.45) is 1.22. The van der Waals surface area contributed by atoms with Crippen LogP contribution in [-0.2, 0) is 14.5 Å². The summed E-state index contributed by atoms with van der Waals surface area (Å²) in [5, 5.41) is 2.95. The van der Waals surface area contributed by atoms with E-state index in [4.69, 9.17) is 4.74 Å². The van der Waals surface area contributed by atoms with Crippen LogP contribution in [0.2, 0.25) is 0 Å². The minimum Gasteiger partial charge on any atom is -0.494 e. The van der Waals surface area contributed by atoms with E-state index >= 15 is 0 Å². The van der Waals surface area contributed by atoms with Gasteiger partial charge in [0, 0.05) is 17.9 Å². The highest BCUT2D eigenvalue weighted by molar-refractivity contribution is 8.00. The molecule has 2 aromatic carbocycles. The number of fused-ring (bicyclic) bond motifs is 1. The van der Waals surface area contributed by atoms with E-state index in [2.05, 4.69) is 5.32 Å². The zero-order chi connectivity index (χ0) is 18.9.